The molecular weight excluding hydrogens is 262 g/mol. The molecule has 1 aromatic carbocycles. The van der Waals surface area contributed by atoms with E-state index in [0.717, 1.165) is 5.56 Å². The van der Waals surface area contributed by atoms with Gasteiger partial charge in [-0.05, 0) is 38.5 Å². The van der Waals surface area contributed by atoms with E-state index in [0.29, 0.717) is 12.1 Å². The molecule has 102 valence electrons. The SMILES string of the molecule is C#CC[C@@H](Cl)c1ccc(NC(=O)OC(C)(C)C)cc1. The van der Waals surface area contributed by atoms with Gasteiger partial charge in [-0.15, -0.1) is 23.9 Å². The monoisotopic (exact) mass is 279 g/mol. The van der Waals surface area contributed by atoms with Crippen LogP contribution in [-0.4, -0.2) is 11.7 Å². The lowest BCUT2D eigenvalue weighted by Gasteiger charge is -2.19. The van der Waals surface area contributed by atoms with Gasteiger partial charge in [-0.1, -0.05) is 12.1 Å². The molecule has 0 aliphatic heterocycles. The van der Waals surface area contributed by atoms with Crippen LogP contribution in [0.4, 0.5) is 10.5 Å². The summed E-state index contributed by atoms with van der Waals surface area (Å²) in [5.41, 5.74) is 1.06. The summed E-state index contributed by atoms with van der Waals surface area (Å²) in [6, 6.07) is 7.21. The van der Waals surface area contributed by atoms with E-state index in [1.165, 1.54) is 0 Å². The van der Waals surface area contributed by atoms with Crippen LogP contribution in [0.25, 0.3) is 0 Å². The molecule has 3 nitrogen and oxygen atoms in total. The van der Waals surface area contributed by atoms with Crippen molar-refractivity contribution in [2.24, 2.45) is 0 Å². The number of nitrogens with one attached hydrogen (secondary N) is 1. The molecule has 19 heavy (non-hydrogen) atoms. The van der Waals surface area contributed by atoms with Gasteiger partial charge in [-0.2, -0.15) is 0 Å². The average molecular weight is 280 g/mol. The Morgan fingerprint density at radius 2 is 2.00 bits per heavy atom. The molecule has 0 spiro atoms. The Kier molecular flexibility index (Phi) is 5.26. The summed E-state index contributed by atoms with van der Waals surface area (Å²) in [6.45, 7) is 5.44. The molecule has 4 heteroatoms. The number of carbonyl (C=O) groups is 1. The van der Waals surface area contributed by atoms with Crippen LogP contribution in [0.1, 0.15) is 38.1 Å². The van der Waals surface area contributed by atoms with Crippen LogP contribution < -0.4 is 5.32 Å². The largest absolute Gasteiger partial charge is 0.444 e. The van der Waals surface area contributed by atoms with Crippen LogP contribution >= 0.6 is 11.6 Å². The van der Waals surface area contributed by atoms with Crippen molar-refractivity contribution in [3.8, 4) is 12.3 Å². The molecule has 0 aliphatic rings. The molecular formula is C15H18ClNO2. The number of carbonyl (C=O) groups excluding carboxylic acids is 1. The Morgan fingerprint density at radius 3 is 2.47 bits per heavy atom. The van der Waals surface area contributed by atoms with Crippen molar-refractivity contribution in [3.05, 3.63) is 29.8 Å². The summed E-state index contributed by atoms with van der Waals surface area (Å²) >= 11 is 6.10. The van der Waals surface area contributed by atoms with E-state index in [2.05, 4.69) is 11.2 Å². The smallest absolute Gasteiger partial charge is 0.412 e. The van der Waals surface area contributed by atoms with E-state index in [-0.39, 0.29) is 5.38 Å². The number of amides is 1. The maximum absolute atomic E-state index is 11.6. The van der Waals surface area contributed by atoms with Gasteiger partial charge >= 0.3 is 6.09 Å². The normalized spacial score (nSPS) is 12.4. The van der Waals surface area contributed by atoms with Crippen molar-refractivity contribution in [1.82, 2.24) is 0 Å². The zero-order valence-corrected chi connectivity index (χ0v) is 12.1. The third-order valence-electron chi connectivity index (χ3n) is 2.21. The quantitative estimate of drug-likeness (QED) is 0.660. The summed E-state index contributed by atoms with van der Waals surface area (Å²) in [7, 11) is 0. The van der Waals surface area contributed by atoms with Crippen molar-refractivity contribution < 1.29 is 9.53 Å². The minimum absolute atomic E-state index is 0.208. The Labute approximate surface area is 119 Å². The summed E-state index contributed by atoms with van der Waals surface area (Å²) in [5, 5.41) is 2.44. The summed E-state index contributed by atoms with van der Waals surface area (Å²) in [4.78, 5) is 11.6. The second-order valence-corrected chi connectivity index (χ2v) is 5.65. The first-order valence-electron chi connectivity index (χ1n) is 5.99. The van der Waals surface area contributed by atoms with Crippen molar-refractivity contribution in [1.29, 1.82) is 0 Å². The number of halogens is 1. The van der Waals surface area contributed by atoms with Crippen molar-refractivity contribution in [2.75, 3.05) is 5.32 Å². The van der Waals surface area contributed by atoms with Gasteiger partial charge in [-0.3, -0.25) is 5.32 Å². The van der Waals surface area contributed by atoms with Crippen molar-refractivity contribution in [3.63, 3.8) is 0 Å². The Balaban J connectivity index is 2.63. The van der Waals surface area contributed by atoms with E-state index >= 15 is 0 Å². The fourth-order valence-electron chi connectivity index (χ4n) is 1.42. The number of terminal acetylenes is 1. The Morgan fingerprint density at radius 1 is 1.42 bits per heavy atom. The van der Waals surface area contributed by atoms with E-state index in [1.807, 2.05) is 32.9 Å². The number of hydrogen-bond donors (Lipinski definition) is 1. The summed E-state index contributed by atoms with van der Waals surface area (Å²) in [5.74, 6) is 2.52. The molecule has 1 N–H and O–H groups in total. The van der Waals surface area contributed by atoms with Crippen LogP contribution in [0.2, 0.25) is 0 Å². The fourth-order valence-corrected chi connectivity index (χ4v) is 1.65. The zero-order valence-electron chi connectivity index (χ0n) is 11.4. The molecule has 1 atom stereocenters. The highest BCUT2D eigenvalue weighted by atomic mass is 35.5. The fraction of sp³-hybridized carbons (Fsp3) is 0.400. The van der Waals surface area contributed by atoms with Crippen LogP contribution in [0, 0.1) is 12.3 Å². The van der Waals surface area contributed by atoms with Crippen LogP contribution in [-0.2, 0) is 4.74 Å². The minimum Gasteiger partial charge on any atom is -0.444 e. The lowest BCUT2D eigenvalue weighted by Crippen LogP contribution is -2.27. The first-order valence-corrected chi connectivity index (χ1v) is 6.43. The molecule has 1 aromatic rings. The van der Waals surface area contributed by atoms with Gasteiger partial charge in [0, 0.05) is 12.1 Å². The van der Waals surface area contributed by atoms with Gasteiger partial charge in [0.05, 0.1) is 5.38 Å². The third-order valence-corrected chi connectivity index (χ3v) is 2.62. The van der Waals surface area contributed by atoms with Gasteiger partial charge in [0.2, 0.25) is 0 Å². The van der Waals surface area contributed by atoms with E-state index in [1.54, 1.807) is 12.1 Å². The maximum atomic E-state index is 11.6. The summed E-state index contributed by atoms with van der Waals surface area (Å²) in [6.07, 6.45) is 5.21. The molecule has 0 unspecified atom stereocenters. The summed E-state index contributed by atoms with van der Waals surface area (Å²) < 4.78 is 5.16. The van der Waals surface area contributed by atoms with Gasteiger partial charge < -0.3 is 4.74 Å². The Hall–Kier alpha value is -1.66. The lowest BCUT2D eigenvalue weighted by molar-refractivity contribution is 0.0636. The highest BCUT2D eigenvalue weighted by Crippen LogP contribution is 2.25. The average Bonchev–Trinajstić information content (AvgIpc) is 2.27. The lowest BCUT2D eigenvalue weighted by atomic mass is 10.1. The molecule has 0 heterocycles. The highest BCUT2D eigenvalue weighted by Gasteiger charge is 2.16. The molecule has 0 aromatic heterocycles. The van der Waals surface area contributed by atoms with E-state index in [4.69, 9.17) is 22.8 Å². The van der Waals surface area contributed by atoms with Crippen LogP contribution in [0.5, 0.6) is 0 Å². The molecule has 0 saturated heterocycles. The maximum Gasteiger partial charge on any atom is 0.412 e. The van der Waals surface area contributed by atoms with Gasteiger partial charge in [0.15, 0.2) is 0 Å². The topological polar surface area (TPSA) is 38.3 Å². The number of anilines is 1. The predicted molar refractivity (Wildman–Crippen MR) is 78.3 cm³/mol. The second-order valence-electron chi connectivity index (χ2n) is 5.12. The van der Waals surface area contributed by atoms with Crippen LogP contribution in [0.15, 0.2) is 24.3 Å². The van der Waals surface area contributed by atoms with Gasteiger partial charge in [0.1, 0.15) is 5.60 Å². The molecule has 0 radical (unpaired) electrons. The first-order chi connectivity index (χ1) is 8.81. The highest BCUT2D eigenvalue weighted by molar-refractivity contribution is 6.20. The number of ether oxygens (including phenoxy) is 1. The number of benzene rings is 1. The van der Waals surface area contributed by atoms with E-state index in [9.17, 15) is 4.79 Å². The molecule has 0 saturated carbocycles. The van der Waals surface area contributed by atoms with E-state index < -0.39 is 11.7 Å². The Bertz CT molecular complexity index is 468. The van der Waals surface area contributed by atoms with Crippen molar-refractivity contribution >= 4 is 23.4 Å². The molecule has 0 aliphatic carbocycles. The zero-order chi connectivity index (χ0) is 14.5. The minimum atomic E-state index is -0.516. The number of alkyl halides is 1. The molecule has 0 fully saturated rings. The molecule has 0 bridgehead atoms. The molecule has 1 rings (SSSR count). The first kappa shape index (κ1) is 15.4. The number of hydrogen-bond acceptors (Lipinski definition) is 2. The number of rotatable bonds is 3. The molecule has 1 amide bonds. The second kappa shape index (κ2) is 6.49. The standard InChI is InChI=1S/C15H18ClNO2/c1-5-6-13(16)11-7-9-12(10-8-11)17-14(18)19-15(2,3)4/h1,7-10,13H,6H2,2-4H3,(H,17,18)/t13-/m1/s1. The predicted octanol–water partition coefficient (Wildman–Crippen LogP) is 4.34. The van der Waals surface area contributed by atoms with Crippen molar-refractivity contribution in [2.45, 2.75) is 38.2 Å². The van der Waals surface area contributed by atoms with Crippen LogP contribution in [0.3, 0.4) is 0 Å². The van der Waals surface area contributed by atoms with Gasteiger partial charge in [-0.25, -0.2) is 4.79 Å². The third kappa shape index (κ3) is 5.67. The van der Waals surface area contributed by atoms with Gasteiger partial charge in [0.25, 0.3) is 0 Å².